The van der Waals surface area contributed by atoms with E-state index < -0.39 is 18.0 Å². The highest BCUT2D eigenvalue weighted by molar-refractivity contribution is 6.00. The lowest BCUT2D eigenvalue weighted by atomic mass is 9.83. The normalized spacial score (nSPS) is 33.5. The SMILES string of the molecule is C[C@@H](O)[C@H]1C(=O)N2C(C(=O)O)=C(C=C[C@@H]3CCCN3)C[C@H]12. The zero-order valence-corrected chi connectivity index (χ0v) is 12.0. The third-order valence-corrected chi connectivity index (χ3v) is 4.59. The van der Waals surface area contributed by atoms with E-state index in [1.165, 1.54) is 4.90 Å². The zero-order valence-electron chi connectivity index (χ0n) is 12.0. The zero-order chi connectivity index (χ0) is 15.1. The molecule has 0 unspecified atom stereocenters. The van der Waals surface area contributed by atoms with E-state index in [2.05, 4.69) is 5.32 Å². The minimum Gasteiger partial charge on any atom is -0.477 e. The molecular weight excluding hydrogens is 272 g/mol. The van der Waals surface area contributed by atoms with Crippen molar-refractivity contribution >= 4 is 11.9 Å². The fraction of sp³-hybridized carbons (Fsp3) is 0.600. The maximum atomic E-state index is 12.0. The summed E-state index contributed by atoms with van der Waals surface area (Å²) in [6.45, 7) is 2.56. The van der Waals surface area contributed by atoms with Crippen LogP contribution in [0.15, 0.2) is 23.4 Å². The fourth-order valence-corrected chi connectivity index (χ4v) is 3.56. The predicted molar refractivity (Wildman–Crippen MR) is 75.2 cm³/mol. The number of amides is 1. The van der Waals surface area contributed by atoms with E-state index in [1.807, 2.05) is 12.2 Å². The Bertz CT molecular complexity index is 532. The van der Waals surface area contributed by atoms with Crippen LogP contribution in [0.3, 0.4) is 0 Å². The molecule has 6 nitrogen and oxygen atoms in total. The van der Waals surface area contributed by atoms with Crippen LogP contribution >= 0.6 is 0 Å². The molecule has 1 amide bonds. The number of hydrogen-bond donors (Lipinski definition) is 3. The quantitative estimate of drug-likeness (QED) is 0.646. The summed E-state index contributed by atoms with van der Waals surface area (Å²) in [5, 5.41) is 22.4. The number of carboxylic acid groups (broad SMARTS) is 1. The van der Waals surface area contributed by atoms with Crippen molar-refractivity contribution in [3.05, 3.63) is 23.4 Å². The van der Waals surface area contributed by atoms with Crippen molar-refractivity contribution in [2.75, 3.05) is 6.54 Å². The standard InChI is InChI=1S/C15H20N2O4/c1-8(18)12-11-7-9(4-5-10-3-2-6-16-10)13(15(20)21)17(11)14(12)19/h4-5,8,10-12,16,18H,2-3,6-7H2,1H3,(H,20,21)/t8-,10+,11-,12-/m1/s1. The van der Waals surface area contributed by atoms with Crippen molar-refractivity contribution in [1.82, 2.24) is 10.2 Å². The number of carbonyl (C=O) groups is 2. The highest BCUT2D eigenvalue weighted by atomic mass is 16.4. The second kappa shape index (κ2) is 5.27. The van der Waals surface area contributed by atoms with Gasteiger partial charge in [-0.15, -0.1) is 0 Å². The third kappa shape index (κ3) is 2.28. The lowest BCUT2D eigenvalue weighted by molar-refractivity contribution is -0.161. The Kier molecular flexibility index (Phi) is 3.59. The minimum atomic E-state index is -1.08. The first-order chi connectivity index (χ1) is 10.0. The molecule has 0 bridgehead atoms. The van der Waals surface area contributed by atoms with E-state index in [-0.39, 0.29) is 23.7 Å². The molecule has 2 fully saturated rings. The van der Waals surface area contributed by atoms with Gasteiger partial charge in [0.25, 0.3) is 0 Å². The largest absolute Gasteiger partial charge is 0.477 e. The highest BCUT2D eigenvalue weighted by Crippen LogP contribution is 2.44. The number of nitrogens with zero attached hydrogens (tertiary/aromatic N) is 1. The first kappa shape index (κ1) is 14.3. The number of hydrogen-bond acceptors (Lipinski definition) is 4. The maximum absolute atomic E-state index is 12.0. The summed E-state index contributed by atoms with van der Waals surface area (Å²) in [6.07, 6.45) is 5.75. The summed E-state index contributed by atoms with van der Waals surface area (Å²) in [4.78, 5) is 24.8. The number of carboxylic acids is 1. The number of aliphatic hydroxyl groups is 1. The molecule has 0 spiro atoms. The van der Waals surface area contributed by atoms with Gasteiger partial charge in [-0.05, 0) is 38.3 Å². The number of aliphatic hydroxyl groups excluding tert-OH is 1. The smallest absolute Gasteiger partial charge is 0.352 e. The number of rotatable bonds is 4. The van der Waals surface area contributed by atoms with Crippen LogP contribution in [0.25, 0.3) is 0 Å². The van der Waals surface area contributed by atoms with E-state index in [0.717, 1.165) is 19.4 Å². The molecule has 21 heavy (non-hydrogen) atoms. The summed E-state index contributed by atoms with van der Waals surface area (Å²) in [6, 6.07) is 0.0730. The molecule has 0 radical (unpaired) electrons. The summed E-state index contributed by atoms with van der Waals surface area (Å²) in [5.41, 5.74) is 0.758. The van der Waals surface area contributed by atoms with Crippen LogP contribution in [0.5, 0.6) is 0 Å². The summed E-state index contributed by atoms with van der Waals surface area (Å²) in [7, 11) is 0. The van der Waals surface area contributed by atoms with Crippen LogP contribution in [-0.2, 0) is 9.59 Å². The molecule has 3 N–H and O–H groups in total. The first-order valence-electron chi connectivity index (χ1n) is 7.40. The Morgan fingerprint density at radius 3 is 2.86 bits per heavy atom. The van der Waals surface area contributed by atoms with Crippen LogP contribution in [0, 0.1) is 5.92 Å². The predicted octanol–water partition coefficient (Wildman–Crippen LogP) is 0.245. The molecule has 0 saturated carbocycles. The molecule has 0 aromatic carbocycles. The molecule has 3 aliphatic heterocycles. The van der Waals surface area contributed by atoms with Gasteiger partial charge >= 0.3 is 5.97 Å². The topological polar surface area (TPSA) is 89.9 Å². The van der Waals surface area contributed by atoms with Crippen molar-refractivity contribution < 1.29 is 19.8 Å². The molecule has 4 atom stereocenters. The Hall–Kier alpha value is -1.66. The van der Waals surface area contributed by atoms with E-state index in [1.54, 1.807) is 6.92 Å². The van der Waals surface area contributed by atoms with Gasteiger partial charge in [-0.1, -0.05) is 12.2 Å². The molecule has 0 aromatic rings. The van der Waals surface area contributed by atoms with Gasteiger partial charge in [0, 0.05) is 6.04 Å². The van der Waals surface area contributed by atoms with Crippen molar-refractivity contribution in [3.63, 3.8) is 0 Å². The van der Waals surface area contributed by atoms with Crippen LogP contribution < -0.4 is 5.32 Å². The van der Waals surface area contributed by atoms with E-state index in [4.69, 9.17) is 0 Å². The first-order valence-corrected chi connectivity index (χ1v) is 7.40. The molecule has 2 saturated heterocycles. The maximum Gasteiger partial charge on any atom is 0.352 e. The van der Waals surface area contributed by atoms with Gasteiger partial charge in [0.2, 0.25) is 5.91 Å². The molecule has 114 valence electrons. The molecule has 0 aromatic heterocycles. The molecule has 3 aliphatic rings. The lowest BCUT2D eigenvalue weighted by Gasteiger charge is -2.44. The second-order valence-corrected chi connectivity index (χ2v) is 5.99. The van der Waals surface area contributed by atoms with Gasteiger partial charge in [0.1, 0.15) is 5.70 Å². The summed E-state index contributed by atoms with van der Waals surface area (Å²) >= 11 is 0. The van der Waals surface area contributed by atoms with Crippen LogP contribution in [-0.4, -0.2) is 51.7 Å². The molecule has 6 heteroatoms. The van der Waals surface area contributed by atoms with Gasteiger partial charge in [0.05, 0.1) is 18.1 Å². The monoisotopic (exact) mass is 292 g/mol. The van der Waals surface area contributed by atoms with Crippen LogP contribution in [0.4, 0.5) is 0 Å². The van der Waals surface area contributed by atoms with Crippen molar-refractivity contribution in [2.45, 2.75) is 44.4 Å². The number of β-lactam (4-membered cyclic amide) rings is 1. The Morgan fingerprint density at radius 1 is 1.52 bits per heavy atom. The average molecular weight is 292 g/mol. The van der Waals surface area contributed by atoms with Gasteiger partial charge in [-0.2, -0.15) is 0 Å². The Labute approximate surface area is 123 Å². The minimum absolute atomic E-state index is 0.0798. The number of carbonyl (C=O) groups excluding carboxylic acids is 1. The molecular formula is C15H20N2O4. The molecule has 3 heterocycles. The summed E-state index contributed by atoms with van der Waals surface area (Å²) < 4.78 is 0. The average Bonchev–Trinajstić information content (AvgIpc) is 3.01. The number of nitrogens with one attached hydrogen (secondary N) is 1. The van der Waals surface area contributed by atoms with Gasteiger partial charge in [0.15, 0.2) is 0 Å². The van der Waals surface area contributed by atoms with E-state index in [0.29, 0.717) is 12.0 Å². The fourth-order valence-electron chi connectivity index (χ4n) is 3.56. The Morgan fingerprint density at radius 2 is 2.29 bits per heavy atom. The highest BCUT2D eigenvalue weighted by Gasteiger charge is 2.56. The van der Waals surface area contributed by atoms with Gasteiger partial charge < -0.3 is 20.4 Å². The Balaban J connectivity index is 1.82. The number of aliphatic carboxylic acids is 1. The van der Waals surface area contributed by atoms with Gasteiger partial charge in [-0.3, -0.25) is 4.79 Å². The number of fused-ring (bicyclic) bond motifs is 1. The lowest BCUT2D eigenvalue weighted by Crippen LogP contribution is -2.61. The van der Waals surface area contributed by atoms with Crippen molar-refractivity contribution in [1.29, 1.82) is 0 Å². The molecule has 0 aliphatic carbocycles. The van der Waals surface area contributed by atoms with Crippen LogP contribution in [0.1, 0.15) is 26.2 Å². The number of allylic oxidation sites excluding steroid dienone is 1. The van der Waals surface area contributed by atoms with E-state index >= 15 is 0 Å². The van der Waals surface area contributed by atoms with E-state index in [9.17, 15) is 19.8 Å². The van der Waals surface area contributed by atoms with Crippen LogP contribution in [0.2, 0.25) is 0 Å². The van der Waals surface area contributed by atoms with Crippen molar-refractivity contribution in [2.24, 2.45) is 5.92 Å². The summed E-state index contributed by atoms with van der Waals surface area (Å²) in [5.74, 6) is -1.83. The van der Waals surface area contributed by atoms with Gasteiger partial charge in [-0.25, -0.2) is 4.79 Å². The third-order valence-electron chi connectivity index (χ3n) is 4.59. The second-order valence-electron chi connectivity index (χ2n) is 5.99. The van der Waals surface area contributed by atoms with Crippen molar-refractivity contribution in [3.8, 4) is 0 Å². The molecule has 3 rings (SSSR count).